The molecule has 0 aromatic heterocycles. The van der Waals surface area contributed by atoms with Crippen molar-refractivity contribution in [3.63, 3.8) is 0 Å². The number of anilines is 1. The minimum absolute atomic E-state index is 0.592. The van der Waals surface area contributed by atoms with Crippen molar-refractivity contribution in [3.8, 4) is 5.75 Å². The summed E-state index contributed by atoms with van der Waals surface area (Å²) in [6.07, 6.45) is 5.01. The van der Waals surface area contributed by atoms with Crippen LogP contribution in [0.2, 0.25) is 0 Å². The highest BCUT2D eigenvalue weighted by molar-refractivity contribution is 5.57. The fourth-order valence-corrected chi connectivity index (χ4v) is 3.37. The average Bonchev–Trinajstić information content (AvgIpc) is 3.03. The molecule has 0 saturated carbocycles. The van der Waals surface area contributed by atoms with E-state index in [1.165, 1.54) is 32.4 Å². The fourth-order valence-electron chi connectivity index (χ4n) is 3.37. The van der Waals surface area contributed by atoms with Gasteiger partial charge in [0.1, 0.15) is 5.75 Å². The van der Waals surface area contributed by atoms with Gasteiger partial charge in [-0.3, -0.25) is 4.90 Å². The lowest BCUT2D eigenvalue weighted by Gasteiger charge is -2.23. The molecular weight excluding hydrogens is 236 g/mol. The van der Waals surface area contributed by atoms with Gasteiger partial charge in [0.2, 0.25) is 0 Å². The molecule has 104 valence electrons. The van der Waals surface area contributed by atoms with Crippen molar-refractivity contribution in [2.45, 2.75) is 44.7 Å². The van der Waals surface area contributed by atoms with Crippen molar-refractivity contribution in [3.05, 3.63) is 24.3 Å². The van der Waals surface area contributed by atoms with Gasteiger partial charge in [0.15, 0.2) is 0 Å². The van der Waals surface area contributed by atoms with Gasteiger partial charge < -0.3 is 10.1 Å². The molecule has 3 heteroatoms. The molecule has 2 heterocycles. The van der Waals surface area contributed by atoms with Gasteiger partial charge in [0.05, 0.1) is 12.3 Å². The van der Waals surface area contributed by atoms with E-state index >= 15 is 0 Å². The van der Waals surface area contributed by atoms with Crippen LogP contribution < -0.4 is 10.1 Å². The van der Waals surface area contributed by atoms with Crippen LogP contribution in [-0.2, 0) is 0 Å². The van der Waals surface area contributed by atoms with Crippen molar-refractivity contribution in [1.82, 2.24) is 4.90 Å². The SMILES string of the molecule is CCCOc1ccccc1NC1CCN2CCCC12. The summed E-state index contributed by atoms with van der Waals surface area (Å²) >= 11 is 0. The Kier molecular flexibility index (Phi) is 3.92. The molecule has 0 bridgehead atoms. The molecule has 0 amide bonds. The van der Waals surface area contributed by atoms with Crippen molar-refractivity contribution < 1.29 is 4.74 Å². The molecule has 0 aliphatic carbocycles. The summed E-state index contributed by atoms with van der Waals surface area (Å²) < 4.78 is 5.83. The first-order valence-electron chi connectivity index (χ1n) is 7.61. The summed E-state index contributed by atoms with van der Waals surface area (Å²) in [6, 6.07) is 9.67. The summed E-state index contributed by atoms with van der Waals surface area (Å²) in [5.74, 6) is 1.00. The quantitative estimate of drug-likeness (QED) is 0.880. The molecule has 3 rings (SSSR count). The molecule has 0 spiro atoms. The Hall–Kier alpha value is -1.22. The number of benzene rings is 1. The third kappa shape index (κ3) is 2.71. The van der Waals surface area contributed by atoms with Gasteiger partial charge in [0, 0.05) is 18.6 Å². The van der Waals surface area contributed by atoms with Crippen LogP contribution in [-0.4, -0.2) is 36.7 Å². The second kappa shape index (κ2) is 5.83. The topological polar surface area (TPSA) is 24.5 Å². The van der Waals surface area contributed by atoms with E-state index in [0.29, 0.717) is 6.04 Å². The van der Waals surface area contributed by atoms with E-state index in [4.69, 9.17) is 4.74 Å². The molecule has 2 saturated heterocycles. The Labute approximate surface area is 115 Å². The van der Waals surface area contributed by atoms with Crippen molar-refractivity contribution in [1.29, 1.82) is 0 Å². The zero-order chi connectivity index (χ0) is 13.1. The Morgan fingerprint density at radius 1 is 1.26 bits per heavy atom. The first-order valence-corrected chi connectivity index (χ1v) is 7.61. The summed E-state index contributed by atoms with van der Waals surface area (Å²) in [5, 5.41) is 3.72. The van der Waals surface area contributed by atoms with Crippen LogP contribution in [0.25, 0.3) is 0 Å². The smallest absolute Gasteiger partial charge is 0.142 e. The molecule has 19 heavy (non-hydrogen) atoms. The summed E-state index contributed by atoms with van der Waals surface area (Å²) in [5.41, 5.74) is 1.16. The van der Waals surface area contributed by atoms with Crippen LogP contribution in [0.15, 0.2) is 24.3 Å². The van der Waals surface area contributed by atoms with Gasteiger partial charge in [-0.15, -0.1) is 0 Å². The highest BCUT2D eigenvalue weighted by Gasteiger charge is 2.37. The first kappa shape index (κ1) is 12.8. The summed E-state index contributed by atoms with van der Waals surface area (Å²) in [7, 11) is 0. The van der Waals surface area contributed by atoms with Gasteiger partial charge in [-0.2, -0.15) is 0 Å². The van der Waals surface area contributed by atoms with Crippen molar-refractivity contribution in [2.24, 2.45) is 0 Å². The molecule has 0 radical (unpaired) electrons. The Morgan fingerprint density at radius 2 is 2.16 bits per heavy atom. The van der Waals surface area contributed by atoms with Gasteiger partial charge in [-0.05, 0) is 44.4 Å². The number of hydrogen-bond donors (Lipinski definition) is 1. The van der Waals surface area contributed by atoms with Crippen LogP contribution in [0.4, 0.5) is 5.69 Å². The van der Waals surface area contributed by atoms with E-state index in [1.54, 1.807) is 0 Å². The van der Waals surface area contributed by atoms with Gasteiger partial charge in [-0.1, -0.05) is 19.1 Å². The predicted molar refractivity (Wildman–Crippen MR) is 78.9 cm³/mol. The zero-order valence-corrected chi connectivity index (χ0v) is 11.8. The van der Waals surface area contributed by atoms with Gasteiger partial charge >= 0.3 is 0 Å². The molecule has 2 atom stereocenters. The highest BCUT2D eigenvalue weighted by Crippen LogP contribution is 2.32. The standard InChI is InChI=1S/C16H24N2O/c1-2-12-19-16-8-4-3-6-14(16)17-13-9-11-18-10-5-7-15(13)18/h3-4,6,8,13,15,17H,2,5,7,9-12H2,1H3. The highest BCUT2D eigenvalue weighted by atomic mass is 16.5. The number of nitrogens with one attached hydrogen (secondary N) is 1. The van der Waals surface area contributed by atoms with E-state index in [2.05, 4.69) is 35.3 Å². The van der Waals surface area contributed by atoms with E-state index in [-0.39, 0.29) is 0 Å². The van der Waals surface area contributed by atoms with E-state index in [1.807, 2.05) is 6.07 Å². The monoisotopic (exact) mass is 260 g/mol. The number of fused-ring (bicyclic) bond motifs is 1. The van der Waals surface area contributed by atoms with E-state index < -0.39 is 0 Å². The Morgan fingerprint density at radius 3 is 3.05 bits per heavy atom. The lowest BCUT2D eigenvalue weighted by atomic mass is 10.1. The largest absolute Gasteiger partial charge is 0.491 e. The second-order valence-electron chi connectivity index (χ2n) is 5.63. The molecule has 1 N–H and O–H groups in total. The normalized spacial score (nSPS) is 26.4. The lowest BCUT2D eigenvalue weighted by Crippen LogP contribution is -2.33. The molecular formula is C16H24N2O. The molecule has 1 aromatic rings. The number of ether oxygens (including phenoxy) is 1. The third-order valence-electron chi connectivity index (χ3n) is 4.30. The molecule has 2 aliphatic rings. The van der Waals surface area contributed by atoms with Gasteiger partial charge in [0.25, 0.3) is 0 Å². The van der Waals surface area contributed by atoms with E-state index in [9.17, 15) is 0 Å². The molecule has 1 aromatic carbocycles. The maximum absolute atomic E-state index is 5.83. The minimum atomic E-state index is 0.592. The molecule has 2 fully saturated rings. The number of rotatable bonds is 5. The van der Waals surface area contributed by atoms with Gasteiger partial charge in [-0.25, -0.2) is 0 Å². The molecule has 2 aliphatic heterocycles. The number of hydrogen-bond acceptors (Lipinski definition) is 3. The van der Waals surface area contributed by atoms with E-state index in [0.717, 1.165) is 30.5 Å². The number of para-hydroxylation sites is 2. The Balaban J connectivity index is 1.69. The Bertz CT molecular complexity index is 421. The zero-order valence-electron chi connectivity index (χ0n) is 11.8. The molecule has 3 nitrogen and oxygen atoms in total. The predicted octanol–water partition coefficient (Wildman–Crippen LogP) is 3.12. The summed E-state index contributed by atoms with van der Waals surface area (Å²) in [4.78, 5) is 2.63. The van der Waals surface area contributed by atoms with Crippen LogP contribution in [0.3, 0.4) is 0 Å². The maximum Gasteiger partial charge on any atom is 0.142 e. The van der Waals surface area contributed by atoms with Crippen LogP contribution in [0, 0.1) is 0 Å². The minimum Gasteiger partial charge on any atom is -0.491 e. The molecule has 2 unspecified atom stereocenters. The fraction of sp³-hybridized carbons (Fsp3) is 0.625. The van der Waals surface area contributed by atoms with Crippen molar-refractivity contribution in [2.75, 3.05) is 25.0 Å². The average molecular weight is 260 g/mol. The first-order chi connectivity index (χ1) is 9.38. The maximum atomic E-state index is 5.83. The third-order valence-corrected chi connectivity index (χ3v) is 4.30. The summed E-state index contributed by atoms with van der Waals surface area (Å²) in [6.45, 7) is 5.47. The van der Waals surface area contributed by atoms with Crippen LogP contribution in [0.5, 0.6) is 5.75 Å². The second-order valence-corrected chi connectivity index (χ2v) is 5.63. The lowest BCUT2D eigenvalue weighted by molar-refractivity contribution is 0.313. The van der Waals surface area contributed by atoms with Crippen LogP contribution in [0.1, 0.15) is 32.6 Å². The number of nitrogens with zero attached hydrogens (tertiary/aromatic N) is 1. The van der Waals surface area contributed by atoms with Crippen LogP contribution >= 0.6 is 0 Å². The van der Waals surface area contributed by atoms with Crippen molar-refractivity contribution >= 4 is 5.69 Å².